The van der Waals surface area contributed by atoms with E-state index in [2.05, 4.69) is 5.32 Å². The molecule has 220 valence electrons. The Morgan fingerprint density at radius 2 is 1.61 bits per heavy atom. The minimum Gasteiger partial charge on any atom is -0.494 e. The fourth-order valence-corrected chi connectivity index (χ4v) is 5.95. The van der Waals surface area contributed by atoms with Crippen LogP contribution >= 0.6 is 11.6 Å². The molecule has 2 amide bonds. The van der Waals surface area contributed by atoms with Gasteiger partial charge in [-0.05, 0) is 74.7 Å². The highest BCUT2D eigenvalue weighted by Gasteiger charge is 2.33. The van der Waals surface area contributed by atoms with Crippen LogP contribution in [0.15, 0.2) is 77.7 Å². The molecular weight excluding hydrogens is 562 g/mol. The van der Waals surface area contributed by atoms with Gasteiger partial charge in [-0.25, -0.2) is 8.42 Å². The molecule has 0 saturated heterocycles. The third kappa shape index (κ3) is 8.24. The largest absolute Gasteiger partial charge is 0.494 e. The van der Waals surface area contributed by atoms with Crippen LogP contribution in [0.25, 0.3) is 0 Å². The molecule has 41 heavy (non-hydrogen) atoms. The van der Waals surface area contributed by atoms with E-state index in [4.69, 9.17) is 16.3 Å². The molecule has 0 heterocycles. The lowest BCUT2D eigenvalue weighted by Crippen LogP contribution is -2.52. The predicted molar refractivity (Wildman–Crippen MR) is 163 cm³/mol. The van der Waals surface area contributed by atoms with Crippen molar-refractivity contribution in [3.05, 3.63) is 88.9 Å². The van der Waals surface area contributed by atoms with E-state index in [0.717, 1.165) is 16.3 Å². The lowest BCUT2D eigenvalue weighted by molar-refractivity contribution is -0.140. The normalized spacial score (nSPS) is 11.9. The van der Waals surface area contributed by atoms with Gasteiger partial charge in [-0.2, -0.15) is 0 Å². The lowest BCUT2D eigenvalue weighted by Gasteiger charge is -2.33. The van der Waals surface area contributed by atoms with Crippen LogP contribution in [0.4, 0.5) is 5.69 Å². The van der Waals surface area contributed by atoms with Crippen molar-refractivity contribution >= 4 is 39.1 Å². The number of sulfonamides is 1. The van der Waals surface area contributed by atoms with E-state index in [0.29, 0.717) is 41.6 Å². The van der Waals surface area contributed by atoms with Crippen LogP contribution in [0.3, 0.4) is 0 Å². The molecule has 0 aliphatic rings. The third-order valence-corrected chi connectivity index (χ3v) is 8.71. The summed E-state index contributed by atoms with van der Waals surface area (Å²) >= 11 is 6.43. The Balaban J connectivity index is 2.05. The van der Waals surface area contributed by atoms with Crippen LogP contribution in [-0.4, -0.2) is 50.9 Å². The van der Waals surface area contributed by atoms with E-state index in [1.165, 1.54) is 17.0 Å². The topological polar surface area (TPSA) is 96.0 Å². The molecule has 3 aromatic rings. The zero-order valence-electron chi connectivity index (χ0n) is 24.0. The number of hydrogen-bond acceptors (Lipinski definition) is 5. The molecule has 0 spiro atoms. The van der Waals surface area contributed by atoms with Gasteiger partial charge >= 0.3 is 0 Å². The number of carbonyl (C=O) groups excluding carboxylic acids is 2. The van der Waals surface area contributed by atoms with Gasteiger partial charge < -0.3 is 15.0 Å². The van der Waals surface area contributed by atoms with Crippen LogP contribution in [0.1, 0.15) is 44.7 Å². The van der Waals surface area contributed by atoms with E-state index >= 15 is 0 Å². The number of amides is 2. The first-order valence-corrected chi connectivity index (χ1v) is 15.6. The molecule has 3 aromatic carbocycles. The van der Waals surface area contributed by atoms with Crippen molar-refractivity contribution in [3.8, 4) is 5.75 Å². The van der Waals surface area contributed by atoms with Gasteiger partial charge in [-0.1, -0.05) is 61.3 Å². The summed E-state index contributed by atoms with van der Waals surface area (Å²) in [7, 11) is -4.17. The van der Waals surface area contributed by atoms with Gasteiger partial charge in [0.15, 0.2) is 0 Å². The summed E-state index contributed by atoms with van der Waals surface area (Å²) in [6.07, 6.45) is 1.07. The first-order valence-electron chi connectivity index (χ1n) is 13.7. The average Bonchev–Trinajstić information content (AvgIpc) is 2.96. The lowest BCUT2D eigenvalue weighted by atomic mass is 10.1. The summed E-state index contributed by atoms with van der Waals surface area (Å²) in [6.45, 7) is 7.94. The SMILES string of the molecule is CCCNC(=O)C(CC)N(Cc1ccccc1Cl)C(=O)CN(c1ccc(C)cc1)S(=O)(=O)c1ccc(OCC)cc1. The molecule has 8 nitrogen and oxygen atoms in total. The Kier molecular flexibility index (Phi) is 11.6. The van der Waals surface area contributed by atoms with Crippen molar-refractivity contribution in [2.75, 3.05) is 24.0 Å². The fraction of sp³-hybridized carbons (Fsp3) is 0.355. The minimum absolute atomic E-state index is 0.0136. The number of ether oxygens (including phenoxy) is 1. The Bertz CT molecular complexity index is 1410. The summed E-state index contributed by atoms with van der Waals surface area (Å²) in [5.41, 5.74) is 1.93. The van der Waals surface area contributed by atoms with Crippen LogP contribution in [-0.2, 0) is 26.2 Å². The first-order chi connectivity index (χ1) is 19.6. The van der Waals surface area contributed by atoms with Gasteiger partial charge in [0.1, 0.15) is 18.3 Å². The molecule has 0 aliphatic carbocycles. The summed E-state index contributed by atoms with van der Waals surface area (Å²) in [4.78, 5) is 28.7. The molecule has 0 aliphatic heterocycles. The Labute approximate surface area is 248 Å². The Morgan fingerprint density at radius 1 is 0.951 bits per heavy atom. The highest BCUT2D eigenvalue weighted by Crippen LogP contribution is 2.27. The molecular formula is C31H38ClN3O5S. The van der Waals surface area contributed by atoms with E-state index in [1.54, 1.807) is 60.7 Å². The maximum absolute atomic E-state index is 14.1. The van der Waals surface area contributed by atoms with Crippen molar-refractivity contribution in [3.63, 3.8) is 0 Å². The first kappa shape index (κ1) is 32.0. The number of anilines is 1. The van der Waals surface area contributed by atoms with E-state index in [1.807, 2.05) is 27.7 Å². The second-order valence-electron chi connectivity index (χ2n) is 9.58. The molecule has 10 heteroatoms. The van der Waals surface area contributed by atoms with Crippen molar-refractivity contribution in [2.24, 2.45) is 0 Å². The van der Waals surface area contributed by atoms with Crippen molar-refractivity contribution in [2.45, 2.75) is 58.0 Å². The molecule has 0 bridgehead atoms. The smallest absolute Gasteiger partial charge is 0.264 e. The average molecular weight is 600 g/mol. The van der Waals surface area contributed by atoms with E-state index in [-0.39, 0.29) is 17.3 Å². The quantitative estimate of drug-likeness (QED) is 0.261. The van der Waals surface area contributed by atoms with Crippen LogP contribution < -0.4 is 14.4 Å². The maximum Gasteiger partial charge on any atom is 0.264 e. The van der Waals surface area contributed by atoms with Gasteiger partial charge in [0.2, 0.25) is 11.8 Å². The summed E-state index contributed by atoms with van der Waals surface area (Å²) in [5.74, 6) is -0.288. The van der Waals surface area contributed by atoms with Gasteiger partial charge in [0.05, 0.1) is 17.2 Å². The van der Waals surface area contributed by atoms with Crippen LogP contribution in [0.2, 0.25) is 5.02 Å². The molecule has 0 saturated carbocycles. The Hall–Kier alpha value is -3.56. The molecule has 0 fully saturated rings. The van der Waals surface area contributed by atoms with Crippen LogP contribution in [0, 0.1) is 6.92 Å². The summed E-state index contributed by atoms with van der Waals surface area (Å²) < 4.78 is 34.5. The fourth-order valence-electron chi connectivity index (χ4n) is 4.34. The zero-order chi connectivity index (χ0) is 30.0. The van der Waals surface area contributed by atoms with Crippen molar-refractivity contribution in [1.82, 2.24) is 10.2 Å². The minimum atomic E-state index is -4.17. The number of carbonyl (C=O) groups is 2. The third-order valence-electron chi connectivity index (χ3n) is 6.56. The molecule has 1 unspecified atom stereocenters. The number of hydrogen-bond donors (Lipinski definition) is 1. The zero-order valence-corrected chi connectivity index (χ0v) is 25.5. The molecule has 1 N–H and O–H groups in total. The van der Waals surface area contributed by atoms with Gasteiger partial charge in [-0.3, -0.25) is 13.9 Å². The van der Waals surface area contributed by atoms with Crippen LogP contribution in [0.5, 0.6) is 5.75 Å². The predicted octanol–water partition coefficient (Wildman–Crippen LogP) is 5.58. The van der Waals surface area contributed by atoms with Crippen molar-refractivity contribution < 1.29 is 22.7 Å². The summed E-state index contributed by atoms with van der Waals surface area (Å²) in [5, 5.41) is 3.32. The molecule has 0 aromatic heterocycles. The molecule has 3 rings (SSSR count). The van der Waals surface area contributed by atoms with Gasteiger partial charge in [0, 0.05) is 18.1 Å². The highest BCUT2D eigenvalue weighted by molar-refractivity contribution is 7.92. The number of rotatable bonds is 14. The number of nitrogens with one attached hydrogen (secondary N) is 1. The second-order valence-corrected chi connectivity index (χ2v) is 11.8. The van der Waals surface area contributed by atoms with Gasteiger partial charge in [-0.15, -0.1) is 0 Å². The van der Waals surface area contributed by atoms with Crippen molar-refractivity contribution in [1.29, 1.82) is 0 Å². The standard InChI is InChI=1S/C31H38ClN3O5S/c1-5-20-33-31(37)29(6-2)34(21-24-10-8-9-11-28(24)32)30(36)22-35(25-14-12-23(4)13-15-25)41(38,39)27-18-16-26(17-19-27)40-7-3/h8-19,29H,5-7,20-22H2,1-4H3,(H,33,37). The maximum atomic E-state index is 14.1. The number of benzene rings is 3. The number of aryl methyl sites for hydroxylation is 1. The second kappa shape index (κ2) is 14.9. The van der Waals surface area contributed by atoms with E-state index < -0.39 is 28.5 Å². The Morgan fingerprint density at radius 3 is 2.20 bits per heavy atom. The molecule has 1 atom stereocenters. The monoisotopic (exact) mass is 599 g/mol. The van der Waals surface area contributed by atoms with Gasteiger partial charge in [0.25, 0.3) is 10.0 Å². The van der Waals surface area contributed by atoms with E-state index in [9.17, 15) is 18.0 Å². The molecule has 0 radical (unpaired) electrons. The number of nitrogens with zero attached hydrogens (tertiary/aromatic N) is 2. The number of halogens is 1. The summed E-state index contributed by atoms with van der Waals surface area (Å²) in [6, 6.07) is 19.3. The highest BCUT2D eigenvalue weighted by atomic mass is 35.5.